The lowest BCUT2D eigenvalue weighted by molar-refractivity contribution is 0.0920. The number of anilines is 1. The monoisotopic (exact) mass is 415 g/mol. The lowest BCUT2D eigenvalue weighted by Crippen LogP contribution is -2.40. The molecule has 0 aliphatic carbocycles. The molecule has 1 amide bonds. The number of benzene rings is 2. The molecule has 1 N–H and O–H groups in total. The summed E-state index contributed by atoms with van der Waals surface area (Å²) in [5, 5.41) is 3.07. The minimum Gasteiger partial charge on any atom is -0.374 e. The molecule has 6 heteroatoms. The third-order valence-electron chi connectivity index (χ3n) is 6.09. The first-order chi connectivity index (χ1) is 14.0. The van der Waals surface area contributed by atoms with Crippen molar-refractivity contribution >= 4 is 23.2 Å². The summed E-state index contributed by atoms with van der Waals surface area (Å²) in [5.41, 5.74) is 3.77. The fourth-order valence-corrected chi connectivity index (χ4v) is 4.72. The second-order valence-electron chi connectivity index (χ2n) is 7.98. The van der Waals surface area contributed by atoms with Crippen LogP contribution in [0.3, 0.4) is 0 Å². The predicted molar refractivity (Wildman–Crippen MR) is 115 cm³/mol. The summed E-state index contributed by atoms with van der Waals surface area (Å²) in [6, 6.07) is 11.0. The summed E-state index contributed by atoms with van der Waals surface area (Å²) in [4.78, 5) is 17.4. The van der Waals surface area contributed by atoms with Crippen LogP contribution in [0.4, 0.5) is 10.1 Å². The summed E-state index contributed by atoms with van der Waals surface area (Å²) in [5.74, 6) is -1.05. The molecule has 0 saturated carbocycles. The molecule has 2 aromatic carbocycles. The number of amides is 1. The molecule has 1 atom stereocenters. The summed E-state index contributed by atoms with van der Waals surface area (Å²) in [6.07, 6.45) is 4.62. The average Bonchev–Trinajstić information content (AvgIpc) is 3.09. The zero-order valence-electron chi connectivity index (χ0n) is 16.8. The summed E-state index contributed by atoms with van der Waals surface area (Å²) in [6.45, 7) is 3.49. The number of piperidine rings is 1. The van der Waals surface area contributed by atoms with Gasteiger partial charge in [0, 0.05) is 25.8 Å². The third kappa shape index (κ3) is 4.26. The summed E-state index contributed by atoms with van der Waals surface area (Å²) >= 11 is 6.07. The minimum absolute atomic E-state index is 0.0704. The van der Waals surface area contributed by atoms with E-state index in [0.29, 0.717) is 6.54 Å². The van der Waals surface area contributed by atoms with Crippen LogP contribution in [-0.2, 0) is 6.42 Å². The van der Waals surface area contributed by atoms with E-state index >= 15 is 0 Å². The van der Waals surface area contributed by atoms with E-state index in [2.05, 4.69) is 40.4 Å². The molecular formula is C23H27ClFN3O. The quantitative estimate of drug-likeness (QED) is 0.784. The second kappa shape index (κ2) is 8.72. The van der Waals surface area contributed by atoms with Gasteiger partial charge in [0.1, 0.15) is 5.82 Å². The number of fused-ring (bicyclic) bond motifs is 1. The fraction of sp³-hybridized carbons (Fsp3) is 0.435. The third-order valence-corrected chi connectivity index (χ3v) is 6.41. The second-order valence-corrected chi connectivity index (χ2v) is 8.39. The number of likely N-dealkylation sites (tertiary alicyclic amines) is 1. The molecule has 0 unspecified atom stereocenters. The van der Waals surface area contributed by atoms with Crippen LogP contribution in [0.25, 0.3) is 0 Å². The largest absolute Gasteiger partial charge is 0.374 e. The number of carbonyl (C=O) groups is 1. The molecule has 0 aromatic heterocycles. The first-order valence-corrected chi connectivity index (χ1v) is 10.7. The summed E-state index contributed by atoms with van der Waals surface area (Å²) in [7, 11) is 2.12. The van der Waals surface area contributed by atoms with Crippen LogP contribution in [0.15, 0.2) is 36.4 Å². The Morgan fingerprint density at radius 1 is 1.17 bits per heavy atom. The normalized spacial score (nSPS) is 17.8. The predicted octanol–water partition coefficient (Wildman–Crippen LogP) is 4.43. The number of rotatable bonds is 5. The zero-order chi connectivity index (χ0) is 20.4. The molecule has 0 radical (unpaired) electrons. The van der Waals surface area contributed by atoms with Crippen molar-refractivity contribution in [3.8, 4) is 0 Å². The van der Waals surface area contributed by atoms with E-state index < -0.39 is 11.7 Å². The van der Waals surface area contributed by atoms with Crippen LogP contribution in [0.2, 0.25) is 5.02 Å². The molecule has 1 fully saturated rings. The molecule has 0 spiro atoms. The standard InChI is InChI=1S/C23H27ClFN3O/c1-27-13-10-17-14-16(8-9-20(17)27)21(28-11-3-2-4-12-28)15-26-23(29)22-18(24)6-5-7-19(22)25/h5-9,14,21H,2-4,10-13,15H2,1H3,(H,26,29)/t21-/m0/s1. The Hall–Kier alpha value is -2.11. The van der Waals surface area contributed by atoms with Crippen molar-refractivity contribution in [1.29, 1.82) is 0 Å². The molecule has 0 bridgehead atoms. The first-order valence-electron chi connectivity index (χ1n) is 10.3. The Morgan fingerprint density at radius 3 is 2.72 bits per heavy atom. The SMILES string of the molecule is CN1CCc2cc([C@H](CNC(=O)c3c(F)cccc3Cl)N3CCCCC3)ccc21. The Bertz CT molecular complexity index is 877. The van der Waals surface area contributed by atoms with Crippen LogP contribution >= 0.6 is 11.6 Å². The van der Waals surface area contributed by atoms with Gasteiger partial charge in [-0.25, -0.2) is 4.39 Å². The topological polar surface area (TPSA) is 35.6 Å². The number of halogens is 2. The van der Waals surface area contributed by atoms with Crippen molar-refractivity contribution < 1.29 is 9.18 Å². The maximum Gasteiger partial charge on any atom is 0.255 e. The van der Waals surface area contributed by atoms with Crippen LogP contribution in [0.1, 0.15) is 46.8 Å². The molecule has 2 heterocycles. The van der Waals surface area contributed by atoms with Gasteiger partial charge in [-0.05, 0) is 61.7 Å². The zero-order valence-corrected chi connectivity index (χ0v) is 17.5. The molecule has 29 heavy (non-hydrogen) atoms. The highest BCUT2D eigenvalue weighted by atomic mass is 35.5. The van der Waals surface area contributed by atoms with Crippen molar-refractivity contribution in [3.63, 3.8) is 0 Å². The van der Waals surface area contributed by atoms with E-state index in [1.165, 1.54) is 35.4 Å². The maximum absolute atomic E-state index is 14.1. The minimum atomic E-state index is -0.593. The van der Waals surface area contributed by atoms with Crippen molar-refractivity contribution in [2.75, 3.05) is 38.1 Å². The van der Waals surface area contributed by atoms with Gasteiger partial charge in [0.15, 0.2) is 0 Å². The van der Waals surface area contributed by atoms with E-state index in [0.717, 1.165) is 38.9 Å². The van der Waals surface area contributed by atoms with Gasteiger partial charge < -0.3 is 10.2 Å². The van der Waals surface area contributed by atoms with Crippen LogP contribution in [-0.4, -0.2) is 44.0 Å². The number of nitrogens with one attached hydrogen (secondary N) is 1. The molecule has 4 rings (SSSR count). The first kappa shape index (κ1) is 20.2. The van der Waals surface area contributed by atoms with Gasteiger partial charge in [-0.15, -0.1) is 0 Å². The molecule has 1 saturated heterocycles. The van der Waals surface area contributed by atoms with Crippen LogP contribution in [0, 0.1) is 5.82 Å². The molecule has 2 aliphatic rings. The van der Waals surface area contributed by atoms with Gasteiger partial charge in [-0.3, -0.25) is 9.69 Å². The molecular weight excluding hydrogens is 389 g/mol. The van der Waals surface area contributed by atoms with Gasteiger partial charge in [-0.1, -0.05) is 36.2 Å². The van der Waals surface area contributed by atoms with Gasteiger partial charge in [0.2, 0.25) is 0 Å². The Kier molecular flexibility index (Phi) is 6.07. The van der Waals surface area contributed by atoms with Crippen molar-refractivity contribution in [3.05, 3.63) is 63.9 Å². The number of carbonyl (C=O) groups excluding carboxylic acids is 1. The highest BCUT2D eigenvalue weighted by Crippen LogP contribution is 2.32. The Balaban J connectivity index is 1.56. The average molecular weight is 416 g/mol. The van der Waals surface area contributed by atoms with E-state index in [-0.39, 0.29) is 16.6 Å². The highest BCUT2D eigenvalue weighted by Gasteiger charge is 2.26. The number of hydrogen-bond acceptors (Lipinski definition) is 3. The lowest BCUT2D eigenvalue weighted by atomic mass is 9.98. The molecule has 2 aliphatic heterocycles. The smallest absolute Gasteiger partial charge is 0.255 e. The van der Waals surface area contributed by atoms with Crippen LogP contribution < -0.4 is 10.2 Å². The lowest BCUT2D eigenvalue weighted by Gasteiger charge is -2.35. The van der Waals surface area contributed by atoms with E-state index in [1.807, 2.05) is 0 Å². The van der Waals surface area contributed by atoms with E-state index in [9.17, 15) is 9.18 Å². The highest BCUT2D eigenvalue weighted by molar-refractivity contribution is 6.33. The van der Waals surface area contributed by atoms with Gasteiger partial charge in [0.25, 0.3) is 5.91 Å². The Morgan fingerprint density at radius 2 is 1.97 bits per heavy atom. The van der Waals surface area contributed by atoms with Crippen molar-refractivity contribution in [1.82, 2.24) is 10.2 Å². The number of hydrogen-bond donors (Lipinski definition) is 1. The van der Waals surface area contributed by atoms with Crippen molar-refractivity contribution in [2.45, 2.75) is 31.7 Å². The van der Waals surface area contributed by atoms with Gasteiger partial charge in [0.05, 0.1) is 16.6 Å². The van der Waals surface area contributed by atoms with Crippen LogP contribution in [0.5, 0.6) is 0 Å². The maximum atomic E-state index is 14.1. The van der Waals surface area contributed by atoms with Crippen molar-refractivity contribution in [2.24, 2.45) is 0 Å². The van der Waals surface area contributed by atoms with E-state index in [1.54, 1.807) is 6.07 Å². The number of likely N-dealkylation sites (N-methyl/N-ethyl adjacent to an activating group) is 1. The van der Waals surface area contributed by atoms with Gasteiger partial charge in [-0.2, -0.15) is 0 Å². The molecule has 2 aromatic rings. The molecule has 4 nitrogen and oxygen atoms in total. The molecule has 154 valence electrons. The van der Waals surface area contributed by atoms with E-state index in [4.69, 9.17) is 11.6 Å². The number of nitrogens with zero attached hydrogens (tertiary/aromatic N) is 2. The fourth-order valence-electron chi connectivity index (χ4n) is 4.47. The Labute approximate surface area is 176 Å². The summed E-state index contributed by atoms with van der Waals surface area (Å²) < 4.78 is 14.1. The van der Waals surface area contributed by atoms with Gasteiger partial charge >= 0.3 is 0 Å².